The third-order valence-corrected chi connectivity index (χ3v) is 1.48. The van der Waals surface area contributed by atoms with Crippen molar-refractivity contribution < 1.29 is 4.84 Å². The van der Waals surface area contributed by atoms with Gasteiger partial charge in [-0.3, -0.25) is 4.84 Å². The molecule has 0 amide bonds. The lowest BCUT2D eigenvalue weighted by molar-refractivity contribution is 0.120. The number of nitrogens with two attached hydrogens (primary N) is 1. The molecule has 0 saturated carbocycles. The quantitative estimate of drug-likeness (QED) is 0.610. The average Bonchev–Trinajstić information content (AvgIpc) is 2.31. The molecule has 0 atom stereocenters. The van der Waals surface area contributed by atoms with Crippen molar-refractivity contribution in [2.24, 2.45) is 0 Å². The smallest absolute Gasteiger partial charge is 0.199 e. The maximum atomic E-state index is 7.95. The van der Waals surface area contributed by atoms with E-state index in [-0.39, 0.29) is 6.61 Å². The van der Waals surface area contributed by atoms with Gasteiger partial charge in [0.15, 0.2) is 5.13 Å². The van der Waals surface area contributed by atoms with E-state index in [1.54, 1.807) is 0 Å². The maximum Gasteiger partial charge on any atom is 0.199 e. The maximum absolute atomic E-state index is 7.95. The topological polar surface area (TPSA) is 83.3 Å². The molecule has 1 rings (SSSR count). The van der Waals surface area contributed by atoms with Crippen molar-refractivity contribution >= 4 is 16.7 Å². The number of hydrogen-bond donors (Lipinski definition) is 1. The van der Waals surface area contributed by atoms with Gasteiger partial charge in [0, 0.05) is 23.9 Å². The van der Waals surface area contributed by atoms with Crippen molar-refractivity contribution in [1.82, 2.24) is 15.3 Å². The first-order valence-corrected chi connectivity index (χ1v) is 3.44. The lowest BCUT2D eigenvalue weighted by Gasteiger charge is -1.87. The van der Waals surface area contributed by atoms with Gasteiger partial charge in [-0.15, -0.1) is 0 Å². The molecule has 10 heavy (non-hydrogen) atoms. The Hall–Kier alpha value is -0.720. The van der Waals surface area contributed by atoms with Crippen LogP contribution in [0.15, 0.2) is 0 Å². The Morgan fingerprint density at radius 1 is 1.70 bits per heavy atom. The minimum atomic E-state index is 0.205. The molecule has 54 valence electrons. The van der Waals surface area contributed by atoms with E-state index < -0.39 is 0 Å². The molecule has 0 saturated heterocycles. The zero-order chi connectivity index (χ0) is 7.40. The average molecular weight is 158 g/mol. The minimum Gasteiger partial charge on any atom is -0.374 e. The van der Waals surface area contributed by atoms with Crippen LogP contribution in [0.25, 0.3) is 0 Å². The molecule has 0 aromatic carbocycles. The van der Waals surface area contributed by atoms with E-state index in [0.29, 0.717) is 17.4 Å². The molecule has 5 nitrogen and oxygen atoms in total. The lowest BCUT2D eigenvalue weighted by atomic mass is 10.4. The molecule has 0 aliphatic heterocycles. The van der Waals surface area contributed by atoms with Crippen LogP contribution in [0.3, 0.4) is 0 Å². The second-order valence-electron chi connectivity index (χ2n) is 1.63. The molecule has 2 radical (unpaired) electrons. The zero-order valence-corrected chi connectivity index (χ0v) is 5.97. The van der Waals surface area contributed by atoms with E-state index in [1.165, 1.54) is 0 Å². The van der Waals surface area contributed by atoms with Crippen molar-refractivity contribution in [2.75, 3.05) is 12.3 Å². The molecule has 0 spiro atoms. The Kier molecular flexibility index (Phi) is 2.55. The monoisotopic (exact) mass is 158 g/mol. The number of hydrogen-bond acceptors (Lipinski definition) is 5. The van der Waals surface area contributed by atoms with E-state index in [0.717, 1.165) is 11.5 Å². The highest BCUT2D eigenvalue weighted by molar-refractivity contribution is 7.09. The highest BCUT2D eigenvalue weighted by Gasteiger charge is 1.99. The van der Waals surface area contributed by atoms with Crippen LogP contribution < -0.4 is 11.6 Å². The number of anilines is 1. The van der Waals surface area contributed by atoms with E-state index in [1.807, 2.05) is 0 Å². The van der Waals surface area contributed by atoms with Gasteiger partial charge in [-0.05, 0) is 0 Å². The molecular weight excluding hydrogens is 152 g/mol. The van der Waals surface area contributed by atoms with E-state index >= 15 is 0 Å². The molecular formula is C4H6N4OS. The molecule has 0 aliphatic carbocycles. The van der Waals surface area contributed by atoms with Gasteiger partial charge in [-0.1, -0.05) is 0 Å². The molecule has 1 aromatic rings. The summed E-state index contributed by atoms with van der Waals surface area (Å²) in [5, 5.41) is 0.438. The van der Waals surface area contributed by atoms with Crippen molar-refractivity contribution in [2.45, 2.75) is 6.42 Å². The molecule has 0 bridgehead atoms. The van der Waals surface area contributed by atoms with Crippen molar-refractivity contribution in [3.63, 3.8) is 0 Å². The van der Waals surface area contributed by atoms with E-state index in [4.69, 9.17) is 11.6 Å². The van der Waals surface area contributed by atoms with Crippen LogP contribution in [-0.2, 0) is 11.3 Å². The van der Waals surface area contributed by atoms with Gasteiger partial charge >= 0.3 is 0 Å². The molecule has 6 heteroatoms. The molecule has 2 N–H and O–H groups in total. The van der Waals surface area contributed by atoms with Crippen LogP contribution in [0.2, 0.25) is 0 Å². The highest BCUT2D eigenvalue weighted by atomic mass is 32.1. The Morgan fingerprint density at radius 2 is 2.50 bits per heavy atom. The second kappa shape index (κ2) is 3.45. The summed E-state index contributed by atoms with van der Waals surface area (Å²) >= 11 is 1.13. The Morgan fingerprint density at radius 3 is 3.00 bits per heavy atom. The summed E-state index contributed by atoms with van der Waals surface area (Å²) in [6, 6.07) is 0. The summed E-state index contributed by atoms with van der Waals surface area (Å²) in [4.78, 5) is 7.68. The summed E-state index contributed by atoms with van der Waals surface area (Å²) in [5.41, 5.74) is 5.29. The van der Waals surface area contributed by atoms with Crippen molar-refractivity contribution in [1.29, 1.82) is 0 Å². The van der Waals surface area contributed by atoms with Gasteiger partial charge in [0.1, 0.15) is 5.82 Å². The first-order valence-electron chi connectivity index (χ1n) is 2.67. The van der Waals surface area contributed by atoms with Crippen molar-refractivity contribution in [3.8, 4) is 0 Å². The van der Waals surface area contributed by atoms with Crippen LogP contribution in [-0.4, -0.2) is 16.0 Å². The fourth-order valence-electron chi connectivity index (χ4n) is 0.506. The Labute approximate surface area is 62.1 Å². The molecule has 1 aromatic heterocycles. The minimum absolute atomic E-state index is 0.205. The fourth-order valence-corrected chi connectivity index (χ4v) is 0.983. The molecule has 0 unspecified atom stereocenters. The zero-order valence-electron chi connectivity index (χ0n) is 5.15. The van der Waals surface area contributed by atoms with Crippen LogP contribution in [0.5, 0.6) is 0 Å². The number of nitrogen functional groups attached to an aromatic ring is 1. The number of aromatic nitrogens is 2. The van der Waals surface area contributed by atoms with Crippen LogP contribution in [0, 0.1) is 0 Å². The summed E-state index contributed by atoms with van der Waals surface area (Å²) in [6.45, 7) is 0.205. The van der Waals surface area contributed by atoms with E-state index in [9.17, 15) is 0 Å². The van der Waals surface area contributed by atoms with E-state index in [2.05, 4.69) is 14.2 Å². The summed E-state index contributed by atoms with van der Waals surface area (Å²) in [7, 11) is 0. The third-order valence-electron chi connectivity index (χ3n) is 0.901. The van der Waals surface area contributed by atoms with Gasteiger partial charge in [0.05, 0.1) is 6.61 Å². The van der Waals surface area contributed by atoms with Crippen LogP contribution >= 0.6 is 11.5 Å². The predicted molar refractivity (Wildman–Crippen MR) is 36.1 cm³/mol. The van der Waals surface area contributed by atoms with Gasteiger partial charge in [-0.25, -0.2) is 4.98 Å². The van der Waals surface area contributed by atoms with Crippen LogP contribution in [0.1, 0.15) is 5.82 Å². The Balaban J connectivity index is 2.42. The molecule has 0 fully saturated rings. The SMILES string of the molecule is [N]OCCc1nsc(N)n1. The standard InChI is InChI=1S/C4H6N4OS/c5-4-7-3(8-10-4)1-2-9-6/h1-2H2,(H2,5,7,8). The molecule has 0 aliphatic rings. The Bertz CT molecular complexity index is 201. The van der Waals surface area contributed by atoms with Gasteiger partial charge in [-0.2, -0.15) is 4.37 Å². The fraction of sp³-hybridized carbons (Fsp3) is 0.500. The first kappa shape index (κ1) is 7.39. The summed E-state index contributed by atoms with van der Waals surface area (Å²) < 4.78 is 3.87. The first-order chi connectivity index (χ1) is 4.83. The van der Waals surface area contributed by atoms with Gasteiger partial charge < -0.3 is 5.73 Å². The van der Waals surface area contributed by atoms with Crippen LogP contribution in [0.4, 0.5) is 5.13 Å². The third kappa shape index (κ3) is 1.90. The summed E-state index contributed by atoms with van der Waals surface area (Å²) in [5.74, 6) is 8.56. The van der Waals surface area contributed by atoms with Gasteiger partial charge in [0.2, 0.25) is 0 Å². The molecule has 1 heterocycles. The predicted octanol–water partition coefficient (Wildman–Crippen LogP) is -0.337. The number of rotatable bonds is 3. The highest BCUT2D eigenvalue weighted by Crippen LogP contribution is 2.05. The normalized spacial score (nSPS) is 10.1. The largest absolute Gasteiger partial charge is 0.374 e. The lowest BCUT2D eigenvalue weighted by Crippen LogP contribution is -1.97. The number of nitrogens with zero attached hydrogens (tertiary/aromatic N) is 3. The second-order valence-corrected chi connectivity index (χ2v) is 2.42. The van der Waals surface area contributed by atoms with Gasteiger partial charge in [0.25, 0.3) is 0 Å². The summed E-state index contributed by atoms with van der Waals surface area (Å²) in [6.07, 6.45) is 0.490. The van der Waals surface area contributed by atoms with Crippen molar-refractivity contribution in [3.05, 3.63) is 5.82 Å².